The predicted molar refractivity (Wildman–Crippen MR) is 86.9 cm³/mol. The molecule has 100 valence electrons. The molecule has 1 heterocycles. The summed E-state index contributed by atoms with van der Waals surface area (Å²) >= 11 is 0. The van der Waals surface area contributed by atoms with E-state index < -0.39 is 8.07 Å². The van der Waals surface area contributed by atoms with E-state index >= 15 is 0 Å². The molecule has 0 radical (unpaired) electrons. The van der Waals surface area contributed by atoms with Gasteiger partial charge in [-0.3, -0.25) is 4.98 Å². The largest absolute Gasteiger partial charge is 0.256 e. The van der Waals surface area contributed by atoms with Crippen LogP contribution >= 0.6 is 0 Å². The summed E-state index contributed by atoms with van der Waals surface area (Å²) in [7, 11) is -1.29. The Labute approximate surface area is 117 Å². The van der Waals surface area contributed by atoms with Crippen molar-refractivity contribution in [2.24, 2.45) is 0 Å². The summed E-state index contributed by atoms with van der Waals surface area (Å²) in [6.07, 6.45) is 2.09. The van der Waals surface area contributed by atoms with Crippen molar-refractivity contribution < 1.29 is 0 Å². The number of nitrogens with zero attached hydrogens (tertiary/aromatic N) is 1. The number of aryl methyl sites for hydroxylation is 3. The van der Waals surface area contributed by atoms with Gasteiger partial charge in [0.25, 0.3) is 0 Å². The summed E-state index contributed by atoms with van der Waals surface area (Å²) in [5.74, 6) is 0. The number of aromatic nitrogens is 1. The topological polar surface area (TPSA) is 12.9 Å². The molecule has 0 spiro atoms. The molecule has 2 heteroatoms. The minimum atomic E-state index is -1.29. The Morgan fingerprint density at radius 2 is 1.42 bits per heavy atom. The number of rotatable bonds is 2. The zero-order valence-corrected chi connectivity index (χ0v) is 13.8. The van der Waals surface area contributed by atoms with Gasteiger partial charge in [0, 0.05) is 11.8 Å². The van der Waals surface area contributed by atoms with Gasteiger partial charge in [-0.2, -0.15) is 0 Å². The highest BCUT2D eigenvalue weighted by Gasteiger charge is 2.19. The normalized spacial score (nSPS) is 11.7. The van der Waals surface area contributed by atoms with Crippen LogP contribution in [0.25, 0.3) is 11.3 Å². The minimum absolute atomic E-state index is 1.09. The van der Waals surface area contributed by atoms with E-state index in [2.05, 4.69) is 70.9 Å². The minimum Gasteiger partial charge on any atom is -0.256 e. The zero-order chi connectivity index (χ0) is 14.2. The summed E-state index contributed by atoms with van der Waals surface area (Å²) < 4.78 is 0. The van der Waals surface area contributed by atoms with Crippen molar-refractivity contribution in [2.75, 3.05) is 0 Å². The maximum atomic E-state index is 4.69. The van der Waals surface area contributed by atoms with Gasteiger partial charge in [-0.05, 0) is 49.7 Å². The van der Waals surface area contributed by atoms with E-state index in [0.717, 1.165) is 5.69 Å². The summed E-state index contributed by atoms with van der Waals surface area (Å²) in [6.45, 7) is 13.6. The molecule has 0 saturated carbocycles. The number of pyridine rings is 1. The van der Waals surface area contributed by atoms with Crippen LogP contribution in [0.2, 0.25) is 19.6 Å². The third-order valence-electron chi connectivity index (χ3n) is 3.44. The van der Waals surface area contributed by atoms with Crippen LogP contribution in [0.5, 0.6) is 0 Å². The highest BCUT2D eigenvalue weighted by atomic mass is 28.3. The van der Waals surface area contributed by atoms with Crippen molar-refractivity contribution in [3.05, 3.63) is 47.2 Å². The SMILES string of the molecule is Cc1cc(C)cc(-c2cc(C)c([Si](C)(C)C)cn2)c1. The first kappa shape index (κ1) is 14.0. The van der Waals surface area contributed by atoms with Crippen LogP contribution in [-0.2, 0) is 0 Å². The Hall–Kier alpha value is -1.41. The number of benzene rings is 1. The average Bonchev–Trinajstić information content (AvgIpc) is 2.25. The molecule has 19 heavy (non-hydrogen) atoms. The molecule has 0 aliphatic rings. The molecular weight excluding hydrogens is 246 g/mol. The Kier molecular flexibility index (Phi) is 3.63. The van der Waals surface area contributed by atoms with Crippen molar-refractivity contribution in [2.45, 2.75) is 40.4 Å². The highest BCUT2D eigenvalue weighted by Crippen LogP contribution is 2.21. The van der Waals surface area contributed by atoms with E-state index in [0.29, 0.717) is 0 Å². The lowest BCUT2D eigenvalue weighted by Gasteiger charge is -2.19. The maximum Gasteiger partial charge on any atom is 0.0799 e. The second kappa shape index (κ2) is 4.93. The predicted octanol–water partition coefficient (Wildman–Crippen LogP) is 4.22. The molecule has 0 atom stereocenters. The lowest BCUT2D eigenvalue weighted by Crippen LogP contribution is -2.39. The van der Waals surface area contributed by atoms with Crippen molar-refractivity contribution in [3.63, 3.8) is 0 Å². The first-order valence-corrected chi connectivity index (χ1v) is 10.3. The number of hydrogen-bond donors (Lipinski definition) is 0. The maximum absolute atomic E-state index is 4.69. The molecule has 0 unspecified atom stereocenters. The Bertz CT molecular complexity index is 589. The average molecular weight is 269 g/mol. The molecule has 0 N–H and O–H groups in total. The fraction of sp³-hybridized carbons (Fsp3) is 0.353. The second-order valence-corrected chi connectivity index (χ2v) is 11.5. The van der Waals surface area contributed by atoms with Gasteiger partial charge in [-0.1, -0.05) is 36.8 Å². The first-order valence-electron chi connectivity index (χ1n) is 6.83. The van der Waals surface area contributed by atoms with Gasteiger partial charge in [0.05, 0.1) is 13.8 Å². The molecule has 1 aromatic heterocycles. The molecule has 1 aromatic carbocycles. The zero-order valence-electron chi connectivity index (χ0n) is 12.8. The van der Waals surface area contributed by atoms with Gasteiger partial charge in [0.1, 0.15) is 0 Å². The number of hydrogen-bond acceptors (Lipinski definition) is 1. The van der Waals surface area contributed by atoms with E-state index in [1.807, 2.05) is 0 Å². The highest BCUT2D eigenvalue weighted by molar-refractivity contribution is 6.89. The van der Waals surface area contributed by atoms with Crippen LogP contribution in [0.1, 0.15) is 16.7 Å². The quantitative estimate of drug-likeness (QED) is 0.744. The van der Waals surface area contributed by atoms with Gasteiger partial charge in [0.2, 0.25) is 0 Å². The molecule has 2 rings (SSSR count). The summed E-state index contributed by atoms with van der Waals surface area (Å²) in [4.78, 5) is 4.69. The molecule has 0 fully saturated rings. The van der Waals surface area contributed by atoms with Gasteiger partial charge in [-0.25, -0.2) is 0 Å². The summed E-state index contributed by atoms with van der Waals surface area (Å²) in [5, 5.41) is 1.46. The standard InChI is InChI=1S/C17H23NSi/c1-12-7-13(2)9-15(8-12)16-10-14(3)17(11-18-16)19(4,5)6/h7-11H,1-6H3. The van der Waals surface area contributed by atoms with Crippen molar-refractivity contribution in [3.8, 4) is 11.3 Å². The molecular formula is C17H23NSi. The summed E-state index contributed by atoms with van der Waals surface area (Å²) in [6, 6.07) is 8.86. The van der Waals surface area contributed by atoms with E-state index in [1.165, 1.54) is 27.4 Å². The van der Waals surface area contributed by atoms with Crippen molar-refractivity contribution >= 4 is 13.3 Å². The van der Waals surface area contributed by atoms with Crippen LogP contribution in [-0.4, -0.2) is 13.1 Å². The van der Waals surface area contributed by atoms with E-state index in [4.69, 9.17) is 4.98 Å². The summed E-state index contributed by atoms with van der Waals surface area (Å²) in [5.41, 5.74) is 6.28. The van der Waals surface area contributed by atoms with E-state index in [-0.39, 0.29) is 0 Å². The van der Waals surface area contributed by atoms with Crippen LogP contribution in [0.15, 0.2) is 30.5 Å². The fourth-order valence-corrected chi connectivity index (χ4v) is 4.33. The van der Waals surface area contributed by atoms with E-state index in [9.17, 15) is 0 Å². The smallest absolute Gasteiger partial charge is 0.0799 e. The fourth-order valence-electron chi connectivity index (χ4n) is 2.62. The van der Waals surface area contributed by atoms with Crippen LogP contribution < -0.4 is 5.19 Å². The van der Waals surface area contributed by atoms with Crippen LogP contribution in [0, 0.1) is 20.8 Å². The Morgan fingerprint density at radius 3 is 1.89 bits per heavy atom. The molecule has 0 aliphatic heterocycles. The van der Waals surface area contributed by atoms with Gasteiger partial charge in [0.15, 0.2) is 0 Å². The van der Waals surface area contributed by atoms with Gasteiger partial charge < -0.3 is 0 Å². The van der Waals surface area contributed by atoms with Crippen molar-refractivity contribution in [1.29, 1.82) is 0 Å². The lowest BCUT2D eigenvalue weighted by atomic mass is 10.0. The molecule has 0 amide bonds. The molecule has 1 nitrogen and oxygen atoms in total. The third-order valence-corrected chi connectivity index (χ3v) is 5.58. The monoisotopic (exact) mass is 269 g/mol. The third kappa shape index (κ3) is 3.13. The molecule has 2 aromatic rings. The Balaban J connectivity index is 2.50. The van der Waals surface area contributed by atoms with Crippen LogP contribution in [0.4, 0.5) is 0 Å². The lowest BCUT2D eigenvalue weighted by molar-refractivity contribution is 1.28. The van der Waals surface area contributed by atoms with Crippen molar-refractivity contribution in [1.82, 2.24) is 4.98 Å². The van der Waals surface area contributed by atoms with Gasteiger partial charge in [-0.15, -0.1) is 0 Å². The molecule has 0 bridgehead atoms. The van der Waals surface area contributed by atoms with Gasteiger partial charge >= 0.3 is 0 Å². The Morgan fingerprint density at radius 1 is 0.842 bits per heavy atom. The molecule has 0 aliphatic carbocycles. The first-order chi connectivity index (χ1) is 8.77. The molecule has 0 saturated heterocycles. The second-order valence-electron chi connectivity index (χ2n) is 6.51. The van der Waals surface area contributed by atoms with E-state index in [1.54, 1.807) is 0 Å². The van der Waals surface area contributed by atoms with Crippen LogP contribution in [0.3, 0.4) is 0 Å².